The Labute approximate surface area is 95.9 Å². The molecule has 0 heterocycles. The van der Waals surface area contributed by atoms with Crippen LogP contribution in [0.3, 0.4) is 0 Å². The normalized spacial score (nSPS) is 23.3. The van der Waals surface area contributed by atoms with Crippen LogP contribution in [0.4, 0.5) is 0 Å². The lowest BCUT2D eigenvalue weighted by Gasteiger charge is -2.32. The molecule has 1 rings (SSSR count). The summed E-state index contributed by atoms with van der Waals surface area (Å²) in [5.41, 5.74) is -0.931. The molecular weight excluding hydrogens is 208 g/mol. The predicted octanol–water partition coefficient (Wildman–Crippen LogP) is 2.04. The van der Waals surface area contributed by atoms with E-state index in [0.717, 1.165) is 11.2 Å². The highest BCUT2D eigenvalue weighted by atomic mass is 32.2. The fourth-order valence-corrected chi connectivity index (χ4v) is 2.78. The van der Waals surface area contributed by atoms with E-state index < -0.39 is 16.4 Å². The lowest BCUT2D eigenvalue weighted by Crippen LogP contribution is -2.36. The van der Waals surface area contributed by atoms with Gasteiger partial charge in [0.2, 0.25) is 0 Å². The average molecular weight is 227 g/mol. The van der Waals surface area contributed by atoms with Gasteiger partial charge in [-0.3, -0.25) is 4.21 Å². The minimum absolute atomic E-state index is 0.297. The number of aliphatic hydroxyl groups is 1. The molecule has 85 valence electrons. The van der Waals surface area contributed by atoms with Crippen LogP contribution in [-0.2, 0) is 10.8 Å². The molecule has 1 aliphatic carbocycles. The minimum Gasteiger partial charge on any atom is -0.390 e. The molecule has 0 aromatic rings. The standard InChI is InChI=1S/C12H19O2S/c1-11(2,3)15(14)10-8-6-7-9(10)12(4,5)13/h6-8,13H,1-5H3/t15-/m0/s1. The SMILES string of the molecule is CC(C)(O)[C]1[CH][CH][CH][C]1[S@](=O)C(C)(C)C. The van der Waals surface area contributed by atoms with Gasteiger partial charge in [0.05, 0.1) is 10.9 Å². The van der Waals surface area contributed by atoms with Gasteiger partial charge in [0, 0.05) is 21.5 Å². The van der Waals surface area contributed by atoms with Crippen LogP contribution in [0.15, 0.2) is 0 Å². The highest BCUT2D eigenvalue weighted by Gasteiger charge is 2.45. The van der Waals surface area contributed by atoms with Crippen molar-refractivity contribution in [1.29, 1.82) is 0 Å². The van der Waals surface area contributed by atoms with E-state index in [-0.39, 0.29) is 4.75 Å². The smallest absolute Gasteiger partial charge is 0.0772 e. The summed E-state index contributed by atoms with van der Waals surface area (Å²) < 4.78 is 11.9. The van der Waals surface area contributed by atoms with E-state index in [9.17, 15) is 9.32 Å². The Morgan fingerprint density at radius 2 is 1.67 bits per heavy atom. The molecule has 0 aromatic heterocycles. The van der Waals surface area contributed by atoms with Crippen molar-refractivity contribution in [2.24, 2.45) is 0 Å². The fourth-order valence-electron chi connectivity index (χ4n) is 1.40. The van der Waals surface area contributed by atoms with Gasteiger partial charge in [-0.25, -0.2) is 0 Å². The zero-order valence-corrected chi connectivity index (χ0v) is 10.8. The van der Waals surface area contributed by atoms with Crippen LogP contribution in [0.5, 0.6) is 0 Å². The van der Waals surface area contributed by atoms with E-state index in [1.165, 1.54) is 0 Å². The van der Waals surface area contributed by atoms with Crippen molar-refractivity contribution >= 4 is 10.8 Å². The van der Waals surface area contributed by atoms with Gasteiger partial charge in [-0.2, -0.15) is 0 Å². The Hall–Kier alpha value is 0.110. The zero-order chi connectivity index (χ0) is 11.9. The Morgan fingerprint density at radius 3 is 2.07 bits per heavy atom. The number of rotatable bonds is 2. The van der Waals surface area contributed by atoms with Crippen molar-refractivity contribution < 1.29 is 9.32 Å². The topological polar surface area (TPSA) is 37.3 Å². The van der Waals surface area contributed by atoms with Crippen molar-refractivity contribution in [2.75, 3.05) is 0 Å². The molecule has 1 saturated carbocycles. The molecular formula is C12H19O2S. The van der Waals surface area contributed by atoms with Gasteiger partial charge in [0.15, 0.2) is 0 Å². The van der Waals surface area contributed by atoms with Crippen LogP contribution >= 0.6 is 0 Å². The van der Waals surface area contributed by atoms with Crippen molar-refractivity contribution in [3.8, 4) is 0 Å². The lowest BCUT2D eigenvalue weighted by atomic mass is 9.89. The third-order valence-electron chi connectivity index (χ3n) is 2.19. The Balaban J connectivity index is 2.82. The van der Waals surface area contributed by atoms with Gasteiger partial charge in [-0.1, -0.05) is 0 Å². The summed E-state index contributed by atoms with van der Waals surface area (Å²) in [5, 5.41) is 10.7. The van der Waals surface area contributed by atoms with Crippen LogP contribution in [0.2, 0.25) is 0 Å². The molecule has 0 spiro atoms. The maximum atomic E-state index is 12.2. The predicted molar refractivity (Wildman–Crippen MR) is 63.6 cm³/mol. The van der Waals surface area contributed by atoms with Crippen molar-refractivity contribution in [1.82, 2.24) is 0 Å². The van der Waals surface area contributed by atoms with Crippen LogP contribution in [0.25, 0.3) is 0 Å². The largest absolute Gasteiger partial charge is 0.390 e. The van der Waals surface area contributed by atoms with Gasteiger partial charge in [0.25, 0.3) is 0 Å². The van der Waals surface area contributed by atoms with E-state index in [4.69, 9.17) is 0 Å². The first-order valence-corrected chi connectivity index (χ1v) is 6.19. The highest BCUT2D eigenvalue weighted by molar-refractivity contribution is 7.89. The van der Waals surface area contributed by atoms with Crippen LogP contribution < -0.4 is 0 Å². The van der Waals surface area contributed by atoms with Crippen LogP contribution in [0, 0.1) is 30.4 Å². The van der Waals surface area contributed by atoms with E-state index >= 15 is 0 Å². The summed E-state index contributed by atoms with van der Waals surface area (Å²) in [7, 11) is -1.09. The molecule has 1 fully saturated rings. The molecule has 0 bridgehead atoms. The summed E-state index contributed by atoms with van der Waals surface area (Å²) in [4.78, 5) is 0. The van der Waals surface area contributed by atoms with E-state index in [1.54, 1.807) is 13.8 Å². The third-order valence-corrected chi connectivity index (χ3v) is 4.06. The summed E-state index contributed by atoms with van der Waals surface area (Å²) in [6.07, 6.45) is 5.50. The maximum Gasteiger partial charge on any atom is 0.0772 e. The molecule has 0 saturated heterocycles. The molecule has 1 atom stereocenters. The maximum absolute atomic E-state index is 12.2. The molecule has 3 heteroatoms. The zero-order valence-electron chi connectivity index (χ0n) is 10.00. The lowest BCUT2D eigenvalue weighted by molar-refractivity contribution is 0.103. The molecule has 0 aliphatic heterocycles. The van der Waals surface area contributed by atoms with Gasteiger partial charge < -0.3 is 5.11 Å². The van der Waals surface area contributed by atoms with Crippen molar-refractivity contribution in [3.63, 3.8) is 0 Å². The molecule has 1 N–H and O–H groups in total. The van der Waals surface area contributed by atoms with Crippen LogP contribution in [0.1, 0.15) is 34.6 Å². The second-order valence-electron chi connectivity index (χ2n) is 5.24. The summed E-state index contributed by atoms with van der Waals surface area (Å²) in [6.45, 7) is 9.23. The molecule has 2 nitrogen and oxygen atoms in total. The third kappa shape index (κ3) is 3.04. The minimum atomic E-state index is -1.09. The monoisotopic (exact) mass is 227 g/mol. The van der Waals surface area contributed by atoms with Crippen LogP contribution in [-0.4, -0.2) is 19.7 Å². The summed E-state index contributed by atoms with van der Waals surface area (Å²) in [5.74, 6) is 0.760. The van der Waals surface area contributed by atoms with Gasteiger partial charge >= 0.3 is 0 Å². The number of hydrogen-bond donors (Lipinski definition) is 1. The van der Waals surface area contributed by atoms with Gasteiger partial charge in [-0.15, -0.1) is 0 Å². The molecule has 0 amide bonds. The quantitative estimate of drug-likeness (QED) is 0.784. The van der Waals surface area contributed by atoms with E-state index in [2.05, 4.69) is 0 Å². The van der Waals surface area contributed by atoms with E-state index in [1.807, 2.05) is 40.0 Å². The first kappa shape index (κ1) is 13.2. The summed E-state index contributed by atoms with van der Waals surface area (Å²) in [6, 6.07) is 0. The molecule has 15 heavy (non-hydrogen) atoms. The first-order chi connectivity index (χ1) is 6.64. The van der Waals surface area contributed by atoms with Crippen molar-refractivity contribution in [3.05, 3.63) is 30.4 Å². The molecule has 1 aliphatic rings. The highest BCUT2D eigenvalue weighted by Crippen LogP contribution is 2.44. The summed E-state index contributed by atoms with van der Waals surface area (Å²) >= 11 is 0. The second-order valence-corrected chi connectivity index (χ2v) is 7.45. The first-order valence-electron chi connectivity index (χ1n) is 5.04. The van der Waals surface area contributed by atoms with E-state index in [0.29, 0.717) is 0 Å². The van der Waals surface area contributed by atoms with Crippen molar-refractivity contribution in [2.45, 2.75) is 45.0 Å². The Morgan fingerprint density at radius 1 is 1.13 bits per heavy atom. The molecule has 5 radical (unpaired) electrons. The molecule has 0 unspecified atom stereocenters. The number of hydrogen-bond acceptors (Lipinski definition) is 2. The average Bonchev–Trinajstić information content (AvgIpc) is 2.47. The van der Waals surface area contributed by atoms with Gasteiger partial charge in [-0.05, 0) is 53.9 Å². The molecule has 0 aromatic carbocycles. The second kappa shape index (κ2) is 4.17. The fraction of sp³-hybridized carbons (Fsp3) is 0.583. The Bertz CT molecular complexity index is 247. The van der Waals surface area contributed by atoms with Gasteiger partial charge in [0.1, 0.15) is 0 Å². The Kier molecular flexibility index (Phi) is 3.66.